The van der Waals surface area contributed by atoms with Crippen molar-refractivity contribution >= 4 is 22.9 Å². The molecule has 0 aliphatic carbocycles. The molecule has 0 aliphatic heterocycles. The van der Waals surface area contributed by atoms with Crippen LogP contribution in [0.3, 0.4) is 0 Å². The van der Waals surface area contributed by atoms with E-state index in [9.17, 15) is 4.79 Å². The molecule has 0 spiro atoms. The smallest absolute Gasteiger partial charge is 0.262 e. The molecule has 0 amide bonds. The van der Waals surface area contributed by atoms with Gasteiger partial charge in [0.05, 0.1) is 0 Å². The van der Waals surface area contributed by atoms with Gasteiger partial charge in [-0.2, -0.15) is 5.26 Å². The summed E-state index contributed by atoms with van der Waals surface area (Å²) in [6.07, 6.45) is 4.53. The molecule has 0 aliphatic rings. The molecule has 3 nitrogen and oxygen atoms in total. The Morgan fingerprint density at radius 1 is 1.69 bits per heavy atom. The fourth-order valence-corrected chi connectivity index (χ4v) is 0.858. The lowest BCUT2D eigenvalue weighted by Gasteiger charge is -1.91. The quantitative estimate of drug-likeness (QED) is 0.408. The summed E-state index contributed by atoms with van der Waals surface area (Å²) < 4.78 is 0. The Morgan fingerprint density at radius 2 is 2.46 bits per heavy atom. The fraction of sp³-hybridized carbons (Fsp3) is 0. The summed E-state index contributed by atoms with van der Waals surface area (Å²) in [5.41, 5.74) is 0.586. The Balaban J connectivity index is 3.01. The summed E-state index contributed by atoms with van der Waals surface area (Å²) in [5, 5.41) is 7.76. The number of pyridine rings is 1. The average molecular weight is 193 g/mol. The minimum Gasteiger partial charge on any atom is -0.275 e. The molecule has 0 aromatic carbocycles. The number of carbonyl (C=O) groups is 1. The summed E-state index contributed by atoms with van der Waals surface area (Å²) in [6.45, 7) is 0. The Labute approximate surface area is 80.3 Å². The van der Waals surface area contributed by atoms with Crippen molar-refractivity contribution in [2.45, 2.75) is 0 Å². The van der Waals surface area contributed by atoms with Crippen molar-refractivity contribution in [1.82, 2.24) is 4.98 Å². The van der Waals surface area contributed by atoms with Gasteiger partial charge in [0.1, 0.15) is 11.6 Å². The van der Waals surface area contributed by atoms with Gasteiger partial charge in [0.2, 0.25) is 0 Å². The summed E-state index contributed by atoms with van der Waals surface area (Å²) in [6, 6.07) is 5.14. The van der Waals surface area contributed by atoms with Crippen molar-refractivity contribution in [3.63, 3.8) is 0 Å². The van der Waals surface area contributed by atoms with E-state index in [0.29, 0.717) is 5.56 Å². The van der Waals surface area contributed by atoms with Gasteiger partial charge in [-0.25, -0.2) is 0 Å². The van der Waals surface area contributed by atoms with Crippen LogP contribution in [0.15, 0.2) is 30.1 Å². The highest BCUT2D eigenvalue weighted by Gasteiger charge is 2.03. The Bertz CT molecular complexity index is 378. The van der Waals surface area contributed by atoms with Gasteiger partial charge in [0.25, 0.3) is 5.24 Å². The van der Waals surface area contributed by atoms with Crippen LogP contribution in [0.5, 0.6) is 0 Å². The van der Waals surface area contributed by atoms with Crippen LogP contribution in [0.25, 0.3) is 6.08 Å². The second-order valence-electron chi connectivity index (χ2n) is 2.23. The fourth-order valence-electron chi connectivity index (χ4n) is 0.761. The maximum atomic E-state index is 10.6. The molecule has 4 heteroatoms. The number of nitrogens with zero attached hydrogens (tertiary/aromatic N) is 2. The standard InChI is InChI=1S/C9H5ClN2O/c10-9(13)8(5-11)4-7-2-1-3-12-6-7/h1-4,6H/b8-4+. The van der Waals surface area contributed by atoms with E-state index in [1.807, 2.05) is 0 Å². The largest absolute Gasteiger partial charge is 0.275 e. The summed E-state index contributed by atoms with van der Waals surface area (Å²) in [4.78, 5) is 14.5. The number of carbonyl (C=O) groups excluding carboxylic acids is 1. The molecular weight excluding hydrogens is 188 g/mol. The van der Waals surface area contributed by atoms with Gasteiger partial charge in [0.15, 0.2) is 0 Å². The van der Waals surface area contributed by atoms with Crippen molar-refractivity contribution in [3.05, 3.63) is 35.7 Å². The average Bonchev–Trinajstić information content (AvgIpc) is 2.15. The van der Waals surface area contributed by atoms with Gasteiger partial charge in [-0.1, -0.05) is 6.07 Å². The Kier molecular flexibility index (Phi) is 3.18. The van der Waals surface area contributed by atoms with E-state index >= 15 is 0 Å². The van der Waals surface area contributed by atoms with Crippen molar-refractivity contribution in [2.75, 3.05) is 0 Å². The van der Waals surface area contributed by atoms with Crippen molar-refractivity contribution in [3.8, 4) is 6.07 Å². The van der Waals surface area contributed by atoms with Gasteiger partial charge in [-0.15, -0.1) is 0 Å². The minimum absolute atomic E-state index is 0.0883. The first-order valence-electron chi connectivity index (χ1n) is 3.45. The summed E-state index contributed by atoms with van der Waals surface area (Å²) >= 11 is 5.14. The van der Waals surface area contributed by atoms with Crippen LogP contribution < -0.4 is 0 Å². The molecular formula is C9H5ClN2O. The van der Waals surface area contributed by atoms with Gasteiger partial charge in [0, 0.05) is 12.4 Å². The lowest BCUT2D eigenvalue weighted by molar-refractivity contribution is -0.108. The molecule has 0 saturated carbocycles. The third-order valence-corrected chi connectivity index (χ3v) is 1.53. The van der Waals surface area contributed by atoms with E-state index in [1.165, 1.54) is 12.3 Å². The highest BCUT2D eigenvalue weighted by Crippen LogP contribution is 2.06. The van der Waals surface area contributed by atoms with Gasteiger partial charge >= 0.3 is 0 Å². The summed E-state index contributed by atoms with van der Waals surface area (Å²) in [7, 11) is 0. The van der Waals surface area contributed by atoms with Crippen LogP contribution in [0.2, 0.25) is 0 Å². The van der Waals surface area contributed by atoms with E-state index in [4.69, 9.17) is 16.9 Å². The van der Waals surface area contributed by atoms with Crippen LogP contribution in [0.1, 0.15) is 5.56 Å². The van der Waals surface area contributed by atoms with Gasteiger partial charge < -0.3 is 0 Å². The molecule has 0 bridgehead atoms. The molecule has 1 aromatic rings. The zero-order chi connectivity index (χ0) is 9.68. The SMILES string of the molecule is N#C/C(=C\c1cccnc1)C(=O)Cl. The molecule has 0 unspecified atom stereocenters. The predicted molar refractivity (Wildman–Crippen MR) is 48.7 cm³/mol. The lowest BCUT2D eigenvalue weighted by Crippen LogP contribution is -1.89. The molecule has 13 heavy (non-hydrogen) atoms. The van der Waals surface area contributed by atoms with E-state index in [2.05, 4.69) is 4.98 Å². The maximum Gasteiger partial charge on any atom is 0.262 e. The predicted octanol–water partition coefficient (Wildman–Crippen LogP) is 1.75. The van der Waals surface area contributed by atoms with Gasteiger partial charge in [-0.3, -0.25) is 9.78 Å². The number of rotatable bonds is 2. The first-order chi connectivity index (χ1) is 6.24. The number of aromatic nitrogens is 1. The van der Waals surface area contributed by atoms with E-state index in [0.717, 1.165) is 0 Å². The number of allylic oxidation sites excluding steroid dienone is 1. The highest BCUT2D eigenvalue weighted by atomic mass is 35.5. The molecule has 0 N–H and O–H groups in total. The number of halogens is 1. The van der Waals surface area contributed by atoms with Crippen LogP contribution >= 0.6 is 11.6 Å². The first kappa shape index (κ1) is 9.43. The third-order valence-electron chi connectivity index (χ3n) is 1.33. The lowest BCUT2D eigenvalue weighted by atomic mass is 10.2. The van der Waals surface area contributed by atoms with Crippen molar-refractivity contribution in [1.29, 1.82) is 5.26 Å². The van der Waals surface area contributed by atoms with Crippen LogP contribution in [0, 0.1) is 11.3 Å². The number of nitriles is 1. The number of hydrogen-bond acceptors (Lipinski definition) is 3. The van der Waals surface area contributed by atoms with E-state index < -0.39 is 5.24 Å². The normalized spacial score (nSPS) is 10.6. The molecule has 0 atom stereocenters. The monoisotopic (exact) mass is 192 g/mol. The second-order valence-corrected chi connectivity index (χ2v) is 2.57. The Hall–Kier alpha value is -1.66. The molecule has 1 heterocycles. The minimum atomic E-state index is -0.758. The Morgan fingerprint density at radius 3 is 2.92 bits per heavy atom. The first-order valence-corrected chi connectivity index (χ1v) is 3.83. The zero-order valence-corrected chi connectivity index (χ0v) is 7.32. The van der Waals surface area contributed by atoms with Crippen LogP contribution in [-0.2, 0) is 4.79 Å². The maximum absolute atomic E-state index is 10.6. The molecule has 1 aromatic heterocycles. The number of hydrogen-bond donors (Lipinski definition) is 0. The van der Waals surface area contributed by atoms with Crippen molar-refractivity contribution in [2.24, 2.45) is 0 Å². The molecule has 1 rings (SSSR count). The van der Waals surface area contributed by atoms with Gasteiger partial charge in [-0.05, 0) is 29.3 Å². The summed E-state index contributed by atoms with van der Waals surface area (Å²) in [5.74, 6) is 0. The van der Waals surface area contributed by atoms with E-state index in [-0.39, 0.29) is 5.57 Å². The third kappa shape index (κ3) is 2.69. The topological polar surface area (TPSA) is 53.8 Å². The van der Waals surface area contributed by atoms with Crippen LogP contribution in [-0.4, -0.2) is 10.2 Å². The highest BCUT2D eigenvalue weighted by molar-refractivity contribution is 6.68. The second kappa shape index (κ2) is 4.39. The van der Waals surface area contributed by atoms with Crippen molar-refractivity contribution < 1.29 is 4.79 Å². The molecule has 64 valence electrons. The zero-order valence-electron chi connectivity index (χ0n) is 6.57. The van der Waals surface area contributed by atoms with E-state index in [1.54, 1.807) is 24.4 Å². The van der Waals surface area contributed by atoms with Crippen LogP contribution in [0.4, 0.5) is 0 Å². The molecule has 0 saturated heterocycles. The molecule has 0 fully saturated rings. The molecule has 0 radical (unpaired) electrons.